The van der Waals surface area contributed by atoms with Gasteiger partial charge in [0.25, 0.3) is 0 Å². The van der Waals surface area contributed by atoms with Crippen molar-refractivity contribution >= 4 is 11.9 Å². The van der Waals surface area contributed by atoms with E-state index in [0.717, 1.165) is 38.6 Å². The van der Waals surface area contributed by atoms with Crippen LogP contribution in [0.3, 0.4) is 0 Å². The number of likely N-dealkylation sites (tertiary alicyclic amines) is 1. The molecule has 1 heterocycles. The van der Waals surface area contributed by atoms with Crippen molar-refractivity contribution < 1.29 is 13.6 Å². The molecule has 7 heteroatoms. The van der Waals surface area contributed by atoms with Gasteiger partial charge in [-0.15, -0.1) is 0 Å². The molecule has 2 N–H and O–H groups in total. The lowest BCUT2D eigenvalue weighted by atomic mass is 10.1. The Kier molecular flexibility index (Phi) is 7.23. The molecule has 0 radical (unpaired) electrons. The van der Waals surface area contributed by atoms with Gasteiger partial charge in [0.2, 0.25) is 5.91 Å². The van der Waals surface area contributed by atoms with Crippen molar-refractivity contribution in [2.45, 2.75) is 51.5 Å². The van der Waals surface area contributed by atoms with Gasteiger partial charge in [-0.1, -0.05) is 18.9 Å². The van der Waals surface area contributed by atoms with E-state index >= 15 is 0 Å². The zero-order valence-electron chi connectivity index (χ0n) is 16.5. The Balaban J connectivity index is 1.52. The van der Waals surface area contributed by atoms with Crippen molar-refractivity contribution in [3.63, 3.8) is 0 Å². The van der Waals surface area contributed by atoms with Crippen molar-refractivity contribution in [1.29, 1.82) is 0 Å². The summed E-state index contributed by atoms with van der Waals surface area (Å²) < 4.78 is 27.5. The standard InChI is InChI=1S/C21H30F2N4O/c1-2-24-21(25-12-10-17-18(22)8-5-9-19(17)23)26-16-11-13-27(14-16)20(28)15-6-3-4-7-15/h5,8-9,15-16H,2-4,6-7,10-14H2,1H3,(H2,24,25,26). The molecule has 1 aromatic carbocycles. The molecule has 1 saturated carbocycles. The van der Waals surface area contributed by atoms with Crippen LogP contribution >= 0.6 is 0 Å². The molecule has 2 fully saturated rings. The Labute approximate surface area is 165 Å². The van der Waals surface area contributed by atoms with Gasteiger partial charge in [-0.2, -0.15) is 0 Å². The predicted molar refractivity (Wildman–Crippen MR) is 106 cm³/mol. The number of carbonyl (C=O) groups is 1. The number of aliphatic imine (C=N–C) groups is 1. The minimum absolute atomic E-state index is 0.0660. The zero-order chi connectivity index (χ0) is 19.9. The number of nitrogens with one attached hydrogen (secondary N) is 2. The number of benzene rings is 1. The average Bonchev–Trinajstić information content (AvgIpc) is 3.36. The van der Waals surface area contributed by atoms with E-state index in [4.69, 9.17) is 0 Å². The number of amides is 1. The number of rotatable bonds is 6. The van der Waals surface area contributed by atoms with Gasteiger partial charge in [-0.3, -0.25) is 9.79 Å². The first-order valence-electron chi connectivity index (χ1n) is 10.3. The first-order chi connectivity index (χ1) is 13.6. The summed E-state index contributed by atoms with van der Waals surface area (Å²) in [6, 6.07) is 4.04. The number of nitrogens with zero attached hydrogens (tertiary/aromatic N) is 2. The van der Waals surface area contributed by atoms with Gasteiger partial charge in [0, 0.05) is 43.7 Å². The van der Waals surface area contributed by atoms with Gasteiger partial charge in [0.05, 0.1) is 0 Å². The van der Waals surface area contributed by atoms with Crippen LogP contribution in [0, 0.1) is 17.6 Å². The van der Waals surface area contributed by atoms with Gasteiger partial charge in [-0.25, -0.2) is 8.78 Å². The summed E-state index contributed by atoms with van der Waals surface area (Å²) in [7, 11) is 0. The minimum Gasteiger partial charge on any atom is -0.357 e. The molecular formula is C21H30F2N4O. The molecule has 1 unspecified atom stereocenters. The van der Waals surface area contributed by atoms with Gasteiger partial charge in [0.15, 0.2) is 5.96 Å². The Morgan fingerprint density at radius 2 is 1.93 bits per heavy atom. The summed E-state index contributed by atoms with van der Waals surface area (Å²) in [5.74, 6) is 0.0459. The molecule has 1 aromatic rings. The third kappa shape index (κ3) is 5.20. The fourth-order valence-corrected chi connectivity index (χ4v) is 4.07. The molecule has 1 saturated heterocycles. The lowest BCUT2D eigenvalue weighted by Crippen LogP contribution is -2.45. The van der Waals surface area contributed by atoms with E-state index in [1.807, 2.05) is 11.8 Å². The van der Waals surface area contributed by atoms with Crippen LogP contribution in [0.4, 0.5) is 8.78 Å². The van der Waals surface area contributed by atoms with Gasteiger partial charge in [-0.05, 0) is 44.7 Å². The second kappa shape index (κ2) is 9.85. The van der Waals surface area contributed by atoms with Crippen LogP contribution in [-0.4, -0.2) is 49.0 Å². The van der Waals surface area contributed by atoms with E-state index in [2.05, 4.69) is 15.6 Å². The largest absolute Gasteiger partial charge is 0.357 e. The van der Waals surface area contributed by atoms with E-state index in [1.165, 1.54) is 18.2 Å². The van der Waals surface area contributed by atoms with E-state index in [9.17, 15) is 13.6 Å². The third-order valence-corrected chi connectivity index (χ3v) is 5.58. The lowest BCUT2D eigenvalue weighted by Gasteiger charge is -2.21. The lowest BCUT2D eigenvalue weighted by molar-refractivity contribution is -0.134. The molecule has 1 aliphatic carbocycles. The van der Waals surface area contributed by atoms with Crippen LogP contribution in [-0.2, 0) is 11.2 Å². The third-order valence-electron chi connectivity index (χ3n) is 5.58. The fourth-order valence-electron chi connectivity index (χ4n) is 4.07. The van der Waals surface area contributed by atoms with Crippen molar-refractivity contribution in [2.75, 3.05) is 26.2 Å². The van der Waals surface area contributed by atoms with Crippen LogP contribution in [0.25, 0.3) is 0 Å². The van der Waals surface area contributed by atoms with Crippen LogP contribution in [0.2, 0.25) is 0 Å². The van der Waals surface area contributed by atoms with Crippen LogP contribution in [0.15, 0.2) is 23.2 Å². The second-order valence-corrected chi connectivity index (χ2v) is 7.61. The maximum absolute atomic E-state index is 13.7. The van der Waals surface area contributed by atoms with Crippen LogP contribution < -0.4 is 10.6 Å². The van der Waals surface area contributed by atoms with Crippen molar-refractivity contribution in [2.24, 2.45) is 10.9 Å². The topological polar surface area (TPSA) is 56.7 Å². The number of hydrogen-bond acceptors (Lipinski definition) is 2. The number of halogens is 2. The molecule has 3 rings (SSSR count). The Hall–Kier alpha value is -2.18. The smallest absolute Gasteiger partial charge is 0.225 e. The van der Waals surface area contributed by atoms with Crippen LogP contribution in [0.5, 0.6) is 0 Å². The highest BCUT2D eigenvalue weighted by Crippen LogP contribution is 2.27. The molecule has 5 nitrogen and oxygen atoms in total. The molecule has 1 amide bonds. The maximum Gasteiger partial charge on any atom is 0.225 e. The Bertz CT molecular complexity index is 683. The quantitative estimate of drug-likeness (QED) is 0.578. The normalized spacial score (nSPS) is 20.6. The zero-order valence-corrected chi connectivity index (χ0v) is 16.5. The van der Waals surface area contributed by atoms with Gasteiger partial charge in [0.1, 0.15) is 11.6 Å². The number of guanidine groups is 1. The predicted octanol–water partition coefficient (Wildman–Crippen LogP) is 2.85. The summed E-state index contributed by atoms with van der Waals surface area (Å²) >= 11 is 0. The number of carbonyl (C=O) groups excluding carboxylic acids is 1. The molecule has 0 bridgehead atoms. The minimum atomic E-state index is -0.537. The highest BCUT2D eigenvalue weighted by Gasteiger charge is 2.32. The highest BCUT2D eigenvalue weighted by molar-refractivity contribution is 5.81. The summed E-state index contributed by atoms with van der Waals surface area (Å²) in [6.45, 7) is 4.40. The molecule has 0 aromatic heterocycles. The molecule has 2 aliphatic rings. The Morgan fingerprint density at radius 3 is 2.61 bits per heavy atom. The van der Waals surface area contributed by atoms with E-state index in [1.54, 1.807) is 0 Å². The first-order valence-corrected chi connectivity index (χ1v) is 10.3. The van der Waals surface area contributed by atoms with Crippen molar-refractivity contribution in [1.82, 2.24) is 15.5 Å². The summed E-state index contributed by atoms with van der Waals surface area (Å²) in [5.41, 5.74) is 0.0660. The molecule has 0 spiro atoms. The number of hydrogen-bond donors (Lipinski definition) is 2. The second-order valence-electron chi connectivity index (χ2n) is 7.61. The summed E-state index contributed by atoms with van der Waals surface area (Å²) in [6.07, 6.45) is 5.43. The summed E-state index contributed by atoms with van der Waals surface area (Å²) in [5, 5.41) is 6.54. The fraction of sp³-hybridized carbons (Fsp3) is 0.619. The monoisotopic (exact) mass is 392 g/mol. The average molecular weight is 392 g/mol. The summed E-state index contributed by atoms with van der Waals surface area (Å²) in [4.78, 5) is 19.0. The Morgan fingerprint density at radius 1 is 1.21 bits per heavy atom. The van der Waals surface area contributed by atoms with Crippen LogP contribution in [0.1, 0.15) is 44.6 Å². The van der Waals surface area contributed by atoms with E-state index in [-0.39, 0.29) is 30.5 Å². The molecule has 1 aliphatic heterocycles. The maximum atomic E-state index is 13.7. The first kappa shape index (κ1) is 20.6. The molecule has 28 heavy (non-hydrogen) atoms. The van der Waals surface area contributed by atoms with Crippen molar-refractivity contribution in [3.05, 3.63) is 35.4 Å². The molecule has 1 atom stereocenters. The van der Waals surface area contributed by atoms with Gasteiger partial charge < -0.3 is 15.5 Å². The molecule has 154 valence electrons. The van der Waals surface area contributed by atoms with E-state index < -0.39 is 11.6 Å². The highest BCUT2D eigenvalue weighted by atomic mass is 19.1. The SMILES string of the molecule is CCNC(=NCCc1c(F)cccc1F)NC1CCN(C(=O)C2CCCC2)C1. The van der Waals surface area contributed by atoms with Crippen molar-refractivity contribution in [3.8, 4) is 0 Å². The molecular weight excluding hydrogens is 362 g/mol. The van der Waals surface area contributed by atoms with E-state index in [0.29, 0.717) is 25.0 Å². The van der Waals surface area contributed by atoms with Gasteiger partial charge >= 0.3 is 0 Å².